The van der Waals surface area contributed by atoms with Crippen LogP contribution in [0, 0.1) is 6.92 Å². The predicted octanol–water partition coefficient (Wildman–Crippen LogP) is 2.14. The lowest BCUT2D eigenvalue weighted by atomic mass is 10.1. The molecule has 4 nitrogen and oxygen atoms in total. The molecule has 1 N–H and O–H groups in total. The van der Waals surface area contributed by atoms with Gasteiger partial charge >= 0.3 is 6.09 Å². The fraction of sp³-hybridized carbons (Fsp3) is 0.231. The standard InChI is InChI=1S/C13H14N2O2/c1-3-17-13(16)14-15-9-8-11-6-4-5-7-12(11)10(15)2/h4-9H,3H2,1-2H3/p+1. The Hall–Kier alpha value is -2.10. The maximum absolute atomic E-state index is 11.3. The Morgan fingerprint density at radius 2 is 2.12 bits per heavy atom. The van der Waals surface area contributed by atoms with Crippen molar-refractivity contribution in [1.82, 2.24) is 0 Å². The van der Waals surface area contributed by atoms with Gasteiger partial charge in [0.05, 0.1) is 12.0 Å². The van der Waals surface area contributed by atoms with Gasteiger partial charge in [-0.05, 0) is 18.4 Å². The van der Waals surface area contributed by atoms with E-state index in [-0.39, 0.29) is 0 Å². The normalized spacial score (nSPS) is 10.2. The minimum Gasteiger partial charge on any atom is -0.446 e. The van der Waals surface area contributed by atoms with Crippen molar-refractivity contribution >= 4 is 16.9 Å². The first-order valence-electron chi connectivity index (χ1n) is 5.56. The number of rotatable bonds is 2. The zero-order chi connectivity index (χ0) is 12.3. The molecule has 0 radical (unpaired) electrons. The molecule has 0 fully saturated rings. The summed E-state index contributed by atoms with van der Waals surface area (Å²) in [7, 11) is 0. The summed E-state index contributed by atoms with van der Waals surface area (Å²) in [4.78, 5) is 11.3. The second kappa shape index (κ2) is 4.82. The molecular formula is C13H15N2O2+. The third-order valence-electron chi connectivity index (χ3n) is 2.60. The van der Waals surface area contributed by atoms with Crippen LogP contribution in [0.25, 0.3) is 10.8 Å². The SMILES string of the molecule is CCOC(=O)N[n+]1ccc2ccccc2c1C. The molecule has 0 aliphatic heterocycles. The predicted molar refractivity (Wildman–Crippen MR) is 65.3 cm³/mol. The Labute approximate surface area is 99.8 Å². The van der Waals surface area contributed by atoms with Crippen molar-refractivity contribution in [2.24, 2.45) is 0 Å². The quantitative estimate of drug-likeness (QED) is 0.804. The molecule has 0 saturated carbocycles. The average Bonchev–Trinajstić information content (AvgIpc) is 2.33. The largest absolute Gasteiger partial charge is 0.461 e. The smallest absolute Gasteiger partial charge is 0.446 e. The molecule has 1 aromatic carbocycles. The Morgan fingerprint density at radius 3 is 2.88 bits per heavy atom. The van der Waals surface area contributed by atoms with Crippen LogP contribution in [0.2, 0.25) is 0 Å². The summed E-state index contributed by atoms with van der Waals surface area (Å²) in [5.41, 5.74) is 3.63. The van der Waals surface area contributed by atoms with Gasteiger partial charge in [0.15, 0.2) is 0 Å². The fourth-order valence-electron chi connectivity index (χ4n) is 1.75. The second-order valence-electron chi connectivity index (χ2n) is 3.69. The van der Waals surface area contributed by atoms with Crippen molar-refractivity contribution in [3.63, 3.8) is 0 Å². The van der Waals surface area contributed by atoms with E-state index in [1.54, 1.807) is 11.6 Å². The number of ether oxygens (including phenoxy) is 1. The molecule has 0 unspecified atom stereocenters. The third-order valence-corrected chi connectivity index (χ3v) is 2.60. The summed E-state index contributed by atoms with van der Waals surface area (Å²) in [5, 5.41) is 2.25. The van der Waals surface area contributed by atoms with Crippen LogP contribution in [0.1, 0.15) is 12.6 Å². The maximum Gasteiger partial charge on any atom is 0.461 e. The topological polar surface area (TPSA) is 42.2 Å². The van der Waals surface area contributed by atoms with Crippen LogP contribution in [0.15, 0.2) is 36.5 Å². The molecule has 0 aliphatic rings. The van der Waals surface area contributed by atoms with Gasteiger partial charge in [0, 0.05) is 13.0 Å². The number of nitrogens with zero attached hydrogens (tertiary/aromatic N) is 1. The fourth-order valence-corrected chi connectivity index (χ4v) is 1.75. The molecule has 1 heterocycles. The van der Waals surface area contributed by atoms with E-state index >= 15 is 0 Å². The highest BCUT2D eigenvalue weighted by molar-refractivity contribution is 5.83. The van der Waals surface area contributed by atoms with E-state index in [1.807, 2.05) is 43.5 Å². The summed E-state index contributed by atoms with van der Waals surface area (Å²) < 4.78 is 6.51. The van der Waals surface area contributed by atoms with Gasteiger partial charge in [-0.1, -0.05) is 28.3 Å². The van der Waals surface area contributed by atoms with E-state index in [0.29, 0.717) is 6.61 Å². The number of benzene rings is 1. The average molecular weight is 231 g/mol. The number of amides is 1. The molecule has 0 bridgehead atoms. The summed E-state index contributed by atoms with van der Waals surface area (Å²) in [6, 6.07) is 9.98. The molecule has 4 heteroatoms. The summed E-state index contributed by atoms with van der Waals surface area (Å²) in [6.07, 6.45) is 1.37. The lowest BCUT2D eigenvalue weighted by molar-refractivity contribution is -0.647. The van der Waals surface area contributed by atoms with Crippen molar-refractivity contribution in [2.45, 2.75) is 13.8 Å². The van der Waals surface area contributed by atoms with Crippen molar-refractivity contribution in [1.29, 1.82) is 0 Å². The van der Waals surface area contributed by atoms with E-state index in [1.165, 1.54) is 0 Å². The summed E-state index contributed by atoms with van der Waals surface area (Å²) in [5.74, 6) is 0. The number of nitrogens with one attached hydrogen (secondary N) is 1. The summed E-state index contributed by atoms with van der Waals surface area (Å²) >= 11 is 0. The molecule has 0 spiro atoms. The molecule has 0 aliphatic carbocycles. The van der Waals surface area contributed by atoms with Crippen LogP contribution in [0.3, 0.4) is 0 Å². The summed E-state index contributed by atoms with van der Waals surface area (Å²) in [6.45, 7) is 4.09. The van der Waals surface area contributed by atoms with Gasteiger partial charge in [-0.25, -0.2) is 4.79 Å². The minimum atomic E-state index is -0.448. The molecule has 17 heavy (non-hydrogen) atoms. The highest BCUT2D eigenvalue weighted by atomic mass is 16.5. The zero-order valence-corrected chi connectivity index (χ0v) is 9.93. The van der Waals surface area contributed by atoms with Crippen molar-refractivity contribution in [2.75, 3.05) is 12.0 Å². The van der Waals surface area contributed by atoms with Gasteiger partial charge in [0.1, 0.15) is 0 Å². The van der Waals surface area contributed by atoms with Crippen molar-refractivity contribution < 1.29 is 14.2 Å². The number of hydrogen-bond acceptors (Lipinski definition) is 2. The van der Waals surface area contributed by atoms with Crippen LogP contribution < -0.4 is 10.1 Å². The third kappa shape index (κ3) is 2.36. The van der Waals surface area contributed by atoms with E-state index in [0.717, 1.165) is 16.5 Å². The van der Waals surface area contributed by atoms with Gasteiger partial charge in [-0.2, -0.15) is 0 Å². The first kappa shape index (κ1) is 11.4. The van der Waals surface area contributed by atoms with E-state index in [4.69, 9.17) is 4.74 Å². The molecule has 1 aromatic heterocycles. The van der Waals surface area contributed by atoms with Gasteiger partial charge < -0.3 is 4.74 Å². The van der Waals surface area contributed by atoms with Crippen LogP contribution in [0.5, 0.6) is 0 Å². The Morgan fingerprint density at radius 1 is 1.35 bits per heavy atom. The maximum atomic E-state index is 11.3. The Bertz CT molecular complexity index is 552. The number of fused-ring (bicyclic) bond motifs is 1. The second-order valence-corrected chi connectivity index (χ2v) is 3.69. The lowest BCUT2D eigenvalue weighted by Crippen LogP contribution is -2.50. The highest BCUT2D eigenvalue weighted by Crippen LogP contribution is 2.13. The lowest BCUT2D eigenvalue weighted by Gasteiger charge is -2.04. The molecule has 2 rings (SSSR count). The minimum absolute atomic E-state index is 0.360. The first-order valence-corrected chi connectivity index (χ1v) is 5.56. The molecule has 88 valence electrons. The molecule has 0 atom stereocenters. The number of carbonyl (C=O) groups is 1. The van der Waals surface area contributed by atoms with E-state index in [2.05, 4.69) is 5.43 Å². The molecule has 1 amide bonds. The number of pyridine rings is 1. The van der Waals surface area contributed by atoms with Gasteiger partial charge in [0.2, 0.25) is 11.9 Å². The van der Waals surface area contributed by atoms with Crippen molar-refractivity contribution in [3.8, 4) is 0 Å². The van der Waals surface area contributed by atoms with Crippen LogP contribution in [-0.4, -0.2) is 12.7 Å². The van der Waals surface area contributed by atoms with Crippen LogP contribution >= 0.6 is 0 Å². The first-order chi connectivity index (χ1) is 8.22. The van der Waals surface area contributed by atoms with Gasteiger partial charge in [0.25, 0.3) is 0 Å². The molecular weight excluding hydrogens is 216 g/mol. The highest BCUT2D eigenvalue weighted by Gasteiger charge is 2.14. The molecule has 2 aromatic rings. The van der Waals surface area contributed by atoms with E-state index < -0.39 is 6.09 Å². The Kier molecular flexibility index (Phi) is 3.23. The Balaban J connectivity index is 2.36. The van der Waals surface area contributed by atoms with Gasteiger partial charge in [-0.15, -0.1) is 0 Å². The number of hydrogen-bond donors (Lipinski definition) is 1. The zero-order valence-electron chi connectivity index (χ0n) is 9.93. The van der Waals surface area contributed by atoms with Gasteiger partial charge in [-0.3, -0.25) is 0 Å². The van der Waals surface area contributed by atoms with Crippen LogP contribution in [0.4, 0.5) is 4.79 Å². The number of aromatic nitrogens is 1. The number of aryl methyl sites for hydroxylation is 1. The molecule has 0 saturated heterocycles. The van der Waals surface area contributed by atoms with Crippen molar-refractivity contribution in [3.05, 3.63) is 42.2 Å². The van der Waals surface area contributed by atoms with Crippen LogP contribution in [-0.2, 0) is 4.74 Å². The number of carbonyl (C=O) groups excluding carboxylic acids is 1. The van der Waals surface area contributed by atoms with E-state index in [9.17, 15) is 4.79 Å². The monoisotopic (exact) mass is 231 g/mol.